The maximum absolute atomic E-state index is 6.16. The Morgan fingerprint density at radius 2 is 1.66 bits per heavy atom. The van der Waals surface area contributed by atoms with Crippen molar-refractivity contribution in [1.29, 1.82) is 0 Å². The molecule has 0 saturated carbocycles. The smallest absolute Gasteiger partial charge is 0.227 e. The van der Waals surface area contributed by atoms with E-state index in [0.717, 1.165) is 38.9 Å². The summed E-state index contributed by atoms with van der Waals surface area (Å²) in [6.07, 6.45) is 1.87. The van der Waals surface area contributed by atoms with Gasteiger partial charge in [-0.05, 0) is 59.9 Å². The first-order valence-electron chi connectivity index (χ1n) is 9.96. The highest BCUT2D eigenvalue weighted by Gasteiger charge is 2.14. The fraction of sp³-hybridized carbons (Fsp3) is 0.154. The summed E-state index contributed by atoms with van der Waals surface area (Å²) in [5, 5.41) is 2.10. The lowest BCUT2D eigenvalue weighted by molar-refractivity contribution is 0.653. The molecule has 0 bridgehead atoms. The topological polar surface area (TPSA) is 38.9 Å². The van der Waals surface area contributed by atoms with Crippen LogP contribution in [-0.4, -0.2) is 9.97 Å². The summed E-state index contributed by atoms with van der Waals surface area (Å²) < 4.78 is 6.16. The van der Waals surface area contributed by atoms with Crippen LogP contribution in [0.5, 0.6) is 0 Å². The molecule has 5 rings (SSSR count). The monoisotopic (exact) mass is 378 g/mol. The minimum Gasteiger partial charge on any atom is -0.437 e. The number of hydrogen-bond acceptors (Lipinski definition) is 3. The lowest BCUT2D eigenvalue weighted by atomic mass is 9.98. The highest BCUT2D eigenvalue weighted by atomic mass is 16.3. The van der Waals surface area contributed by atoms with Crippen LogP contribution in [0.15, 0.2) is 77.3 Å². The van der Waals surface area contributed by atoms with Crippen LogP contribution in [0.3, 0.4) is 0 Å². The van der Waals surface area contributed by atoms with Gasteiger partial charge in [-0.2, -0.15) is 0 Å². The first-order valence-corrected chi connectivity index (χ1v) is 9.96. The minimum absolute atomic E-state index is 0.528. The molecule has 3 aromatic heterocycles. The lowest BCUT2D eigenvalue weighted by Gasteiger charge is -2.08. The van der Waals surface area contributed by atoms with Crippen LogP contribution in [0.2, 0.25) is 0 Å². The molecule has 0 aliphatic carbocycles. The molecule has 0 radical (unpaired) electrons. The second kappa shape index (κ2) is 6.85. The molecule has 3 heterocycles. The van der Waals surface area contributed by atoms with Crippen molar-refractivity contribution in [3.63, 3.8) is 0 Å². The summed E-state index contributed by atoms with van der Waals surface area (Å²) in [6, 6.07) is 23.2. The number of aromatic nitrogens is 2. The quantitative estimate of drug-likeness (QED) is 0.335. The molecule has 3 heteroatoms. The Balaban J connectivity index is 1.64. The van der Waals surface area contributed by atoms with Gasteiger partial charge in [0.2, 0.25) is 5.71 Å². The molecule has 0 aliphatic heterocycles. The van der Waals surface area contributed by atoms with E-state index in [1.165, 1.54) is 11.1 Å². The number of rotatable bonds is 3. The van der Waals surface area contributed by atoms with Gasteiger partial charge in [0, 0.05) is 28.2 Å². The van der Waals surface area contributed by atoms with E-state index in [1.807, 2.05) is 19.2 Å². The molecule has 3 nitrogen and oxygen atoms in total. The highest BCUT2D eigenvalue weighted by molar-refractivity contribution is 6.08. The highest BCUT2D eigenvalue weighted by Crippen LogP contribution is 2.35. The van der Waals surface area contributed by atoms with Crippen molar-refractivity contribution in [3.8, 4) is 22.4 Å². The zero-order valence-corrected chi connectivity index (χ0v) is 16.8. The third-order valence-electron chi connectivity index (χ3n) is 5.45. The van der Waals surface area contributed by atoms with Crippen molar-refractivity contribution in [2.24, 2.45) is 0 Å². The number of nitrogens with zero attached hydrogens (tertiary/aromatic N) is 2. The molecule has 142 valence electrons. The summed E-state index contributed by atoms with van der Waals surface area (Å²) in [7, 11) is 0. The van der Waals surface area contributed by atoms with Crippen molar-refractivity contribution in [1.82, 2.24) is 9.97 Å². The first kappa shape index (κ1) is 17.6. The molecule has 0 atom stereocenters. The molecule has 0 spiro atoms. The maximum Gasteiger partial charge on any atom is 0.227 e. The number of furan rings is 1. The zero-order valence-electron chi connectivity index (χ0n) is 16.8. The van der Waals surface area contributed by atoms with E-state index in [1.54, 1.807) is 0 Å². The van der Waals surface area contributed by atoms with E-state index in [0.29, 0.717) is 11.6 Å². The van der Waals surface area contributed by atoms with Crippen LogP contribution in [0, 0.1) is 6.92 Å². The Kier molecular flexibility index (Phi) is 4.17. The Morgan fingerprint density at radius 1 is 0.828 bits per heavy atom. The summed E-state index contributed by atoms with van der Waals surface area (Å²) in [4.78, 5) is 9.19. The summed E-state index contributed by atoms with van der Waals surface area (Å²) in [5.41, 5.74) is 8.02. The van der Waals surface area contributed by atoms with Gasteiger partial charge in [0.05, 0.1) is 5.69 Å². The predicted octanol–water partition coefficient (Wildman–Crippen LogP) is 7.14. The van der Waals surface area contributed by atoms with Crippen molar-refractivity contribution >= 4 is 22.1 Å². The van der Waals surface area contributed by atoms with E-state index in [-0.39, 0.29) is 0 Å². The normalized spacial score (nSPS) is 11.6. The predicted molar refractivity (Wildman–Crippen MR) is 119 cm³/mol. The average Bonchev–Trinajstić information content (AvgIpc) is 3.11. The second-order valence-corrected chi connectivity index (χ2v) is 7.80. The van der Waals surface area contributed by atoms with E-state index >= 15 is 0 Å². The third kappa shape index (κ3) is 3.09. The van der Waals surface area contributed by atoms with E-state index in [9.17, 15) is 0 Å². The molecule has 0 saturated heterocycles. The van der Waals surface area contributed by atoms with Gasteiger partial charge in [-0.1, -0.05) is 50.2 Å². The first-order chi connectivity index (χ1) is 14.1. The lowest BCUT2D eigenvalue weighted by Crippen LogP contribution is -1.88. The van der Waals surface area contributed by atoms with Gasteiger partial charge in [-0.25, -0.2) is 4.98 Å². The maximum atomic E-state index is 6.16. The Hall–Kier alpha value is -3.46. The summed E-state index contributed by atoms with van der Waals surface area (Å²) in [6.45, 7) is 6.40. The van der Waals surface area contributed by atoms with Gasteiger partial charge in [0.25, 0.3) is 0 Å². The van der Waals surface area contributed by atoms with Crippen LogP contribution in [0.4, 0.5) is 0 Å². The molecule has 29 heavy (non-hydrogen) atoms. The third-order valence-corrected chi connectivity index (χ3v) is 5.45. The fourth-order valence-corrected chi connectivity index (χ4v) is 3.79. The van der Waals surface area contributed by atoms with Crippen LogP contribution in [0.1, 0.15) is 31.0 Å². The second-order valence-electron chi connectivity index (χ2n) is 7.80. The number of benzene rings is 2. The number of hydrogen-bond donors (Lipinski definition) is 0. The Bertz CT molecular complexity index is 1330. The van der Waals surface area contributed by atoms with Crippen molar-refractivity contribution in [2.75, 3.05) is 0 Å². The molecular formula is C26H22N2O. The minimum atomic E-state index is 0.528. The molecular weight excluding hydrogens is 356 g/mol. The Labute approximate surface area is 170 Å². The SMILES string of the molecule is Cc1ccc2c(n1)oc1c(-c3cc(-c4ccc(C(C)C)cc4)ccn3)cccc12. The number of pyridine rings is 2. The van der Waals surface area contributed by atoms with Crippen LogP contribution in [0.25, 0.3) is 44.5 Å². The largest absolute Gasteiger partial charge is 0.437 e. The van der Waals surface area contributed by atoms with Crippen LogP contribution >= 0.6 is 0 Å². The zero-order chi connectivity index (χ0) is 20.0. The van der Waals surface area contributed by atoms with E-state index in [2.05, 4.69) is 84.5 Å². The molecule has 0 amide bonds. The van der Waals surface area contributed by atoms with Gasteiger partial charge in [-0.15, -0.1) is 0 Å². The van der Waals surface area contributed by atoms with Crippen molar-refractivity contribution in [2.45, 2.75) is 26.7 Å². The van der Waals surface area contributed by atoms with E-state index < -0.39 is 0 Å². The molecule has 2 aromatic carbocycles. The molecule has 0 unspecified atom stereocenters. The number of fused-ring (bicyclic) bond motifs is 3. The van der Waals surface area contributed by atoms with Gasteiger partial charge in [-0.3, -0.25) is 4.98 Å². The molecule has 0 N–H and O–H groups in total. The fourth-order valence-electron chi connectivity index (χ4n) is 3.79. The van der Waals surface area contributed by atoms with Gasteiger partial charge >= 0.3 is 0 Å². The van der Waals surface area contributed by atoms with Crippen molar-refractivity contribution < 1.29 is 4.42 Å². The average molecular weight is 378 g/mol. The van der Waals surface area contributed by atoms with Gasteiger partial charge in [0.15, 0.2) is 0 Å². The standard InChI is InChI=1S/C26H22N2O/c1-16(2)18-8-10-19(11-9-18)20-13-14-27-24(15-20)23-6-4-5-21-22-12-7-17(3)28-26(22)29-25(21)23/h4-16H,1-3H3. The molecule has 0 fully saturated rings. The van der Waals surface area contributed by atoms with Gasteiger partial charge in [0.1, 0.15) is 5.58 Å². The summed E-state index contributed by atoms with van der Waals surface area (Å²) in [5.74, 6) is 0.528. The molecule has 5 aromatic rings. The van der Waals surface area contributed by atoms with Crippen LogP contribution < -0.4 is 0 Å². The van der Waals surface area contributed by atoms with Crippen LogP contribution in [-0.2, 0) is 0 Å². The van der Waals surface area contributed by atoms with E-state index in [4.69, 9.17) is 4.42 Å². The molecule has 0 aliphatic rings. The number of aryl methyl sites for hydroxylation is 1. The van der Waals surface area contributed by atoms with Gasteiger partial charge < -0.3 is 4.42 Å². The van der Waals surface area contributed by atoms with Crippen molar-refractivity contribution in [3.05, 3.63) is 84.2 Å². The number of para-hydroxylation sites is 1. The Morgan fingerprint density at radius 3 is 2.45 bits per heavy atom. The summed E-state index contributed by atoms with van der Waals surface area (Å²) >= 11 is 0.